The topological polar surface area (TPSA) is 114 Å². The Kier molecular flexibility index (Phi) is 7.60. The molecule has 1 fully saturated rings. The molecule has 0 spiro atoms. The largest absolute Gasteiger partial charge is 0.506 e. The molecule has 0 atom stereocenters. The van der Waals surface area contributed by atoms with E-state index in [2.05, 4.69) is 27.1 Å². The zero-order chi connectivity index (χ0) is 22.5. The molecular formula is C19H22Cl2N6O3S. The third-order valence-corrected chi connectivity index (χ3v) is 6.06. The van der Waals surface area contributed by atoms with Gasteiger partial charge in [0.25, 0.3) is 0 Å². The SMILES string of the molecule is C=CNc1sc(NC(=O)N2CCN(Cc3cc(Cl)cc(Cl)c3O)CC2)nc1C(=N)OC. The number of hydrogen-bond acceptors (Lipinski definition) is 8. The van der Waals surface area contributed by atoms with Crippen molar-refractivity contribution >= 4 is 56.6 Å². The van der Waals surface area contributed by atoms with Crippen molar-refractivity contribution in [3.8, 4) is 5.75 Å². The van der Waals surface area contributed by atoms with Crippen LogP contribution in [0.15, 0.2) is 24.9 Å². The number of amides is 2. The summed E-state index contributed by atoms with van der Waals surface area (Å²) in [6, 6.07) is 2.91. The van der Waals surface area contributed by atoms with Gasteiger partial charge in [-0.3, -0.25) is 15.6 Å². The van der Waals surface area contributed by atoms with Crippen LogP contribution >= 0.6 is 34.5 Å². The highest BCUT2D eigenvalue weighted by atomic mass is 35.5. The van der Waals surface area contributed by atoms with Crippen LogP contribution in [0.4, 0.5) is 14.9 Å². The van der Waals surface area contributed by atoms with E-state index >= 15 is 0 Å². The normalized spacial score (nSPS) is 14.2. The number of piperazine rings is 1. The lowest BCUT2D eigenvalue weighted by molar-refractivity contribution is 0.142. The number of methoxy groups -OCH3 is 1. The van der Waals surface area contributed by atoms with Gasteiger partial charge in [-0.2, -0.15) is 0 Å². The van der Waals surface area contributed by atoms with Gasteiger partial charge in [0.1, 0.15) is 10.8 Å². The number of urea groups is 1. The number of phenolic OH excluding ortho intramolecular Hbond substituents is 1. The molecule has 4 N–H and O–H groups in total. The third kappa shape index (κ3) is 5.59. The van der Waals surface area contributed by atoms with E-state index in [9.17, 15) is 9.90 Å². The predicted octanol–water partition coefficient (Wildman–Crippen LogP) is 4.03. The van der Waals surface area contributed by atoms with E-state index in [1.807, 2.05) is 0 Å². The molecule has 0 radical (unpaired) electrons. The molecule has 9 nitrogen and oxygen atoms in total. The number of halogens is 2. The van der Waals surface area contributed by atoms with E-state index in [4.69, 9.17) is 33.3 Å². The highest BCUT2D eigenvalue weighted by Gasteiger charge is 2.24. The van der Waals surface area contributed by atoms with Gasteiger partial charge in [0.15, 0.2) is 10.8 Å². The summed E-state index contributed by atoms with van der Waals surface area (Å²) in [6.45, 7) is 6.34. The van der Waals surface area contributed by atoms with Crippen molar-refractivity contribution in [3.05, 3.63) is 46.2 Å². The van der Waals surface area contributed by atoms with Crippen LogP contribution in [-0.4, -0.2) is 65.1 Å². The second-order valence-corrected chi connectivity index (χ2v) is 8.51. The lowest BCUT2D eigenvalue weighted by Crippen LogP contribution is -2.49. The number of rotatable bonds is 6. The van der Waals surface area contributed by atoms with Gasteiger partial charge in [0, 0.05) is 43.3 Å². The minimum atomic E-state index is -0.275. The van der Waals surface area contributed by atoms with E-state index in [-0.39, 0.29) is 22.7 Å². The van der Waals surface area contributed by atoms with Crippen molar-refractivity contribution in [1.29, 1.82) is 5.41 Å². The maximum atomic E-state index is 12.7. The summed E-state index contributed by atoms with van der Waals surface area (Å²) in [7, 11) is 1.38. The van der Waals surface area contributed by atoms with Crippen LogP contribution in [0, 0.1) is 5.41 Å². The summed E-state index contributed by atoms with van der Waals surface area (Å²) in [4.78, 5) is 20.7. The van der Waals surface area contributed by atoms with Gasteiger partial charge in [0.05, 0.1) is 12.1 Å². The van der Waals surface area contributed by atoms with Crippen LogP contribution in [0.3, 0.4) is 0 Å². The summed E-state index contributed by atoms with van der Waals surface area (Å²) in [5.41, 5.74) is 0.945. The van der Waals surface area contributed by atoms with Crippen LogP contribution in [0.5, 0.6) is 5.75 Å². The maximum Gasteiger partial charge on any atom is 0.323 e. The Balaban J connectivity index is 1.58. The number of carbonyl (C=O) groups excluding carboxylic acids is 1. The summed E-state index contributed by atoms with van der Waals surface area (Å²) in [5, 5.41) is 25.2. The van der Waals surface area contributed by atoms with Crippen molar-refractivity contribution in [2.75, 3.05) is 43.9 Å². The highest BCUT2D eigenvalue weighted by molar-refractivity contribution is 7.20. The molecule has 166 valence electrons. The Morgan fingerprint density at radius 1 is 1.39 bits per heavy atom. The van der Waals surface area contributed by atoms with Crippen molar-refractivity contribution < 1.29 is 14.6 Å². The molecule has 31 heavy (non-hydrogen) atoms. The number of carbonyl (C=O) groups is 1. The second kappa shape index (κ2) is 10.2. The fourth-order valence-electron chi connectivity index (χ4n) is 3.08. The Labute approximate surface area is 193 Å². The van der Waals surface area contributed by atoms with Crippen LogP contribution in [0.2, 0.25) is 10.0 Å². The Hall–Kier alpha value is -2.53. The number of hydrogen-bond donors (Lipinski definition) is 4. The van der Waals surface area contributed by atoms with E-state index in [1.54, 1.807) is 11.0 Å². The molecule has 1 aromatic carbocycles. The molecule has 2 heterocycles. The number of thiazole rings is 1. The fourth-order valence-corrected chi connectivity index (χ4v) is 4.46. The summed E-state index contributed by atoms with van der Waals surface area (Å²) < 4.78 is 4.93. The average Bonchev–Trinajstić information content (AvgIpc) is 3.14. The molecule has 1 aliphatic heterocycles. The van der Waals surface area contributed by atoms with Crippen molar-refractivity contribution in [2.24, 2.45) is 0 Å². The second-order valence-electron chi connectivity index (χ2n) is 6.67. The minimum absolute atomic E-state index is 0.0244. The first-order valence-electron chi connectivity index (χ1n) is 9.28. The van der Waals surface area contributed by atoms with Crippen LogP contribution in [-0.2, 0) is 11.3 Å². The molecule has 0 aliphatic carbocycles. The summed E-state index contributed by atoms with van der Waals surface area (Å²) in [5.74, 6) is -0.0875. The van der Waals surface area contributed by atoms with Gasteiger partial charge in [0.2, 0.25) is 5.90 Å². The molecule has 0 bridgehead atoms. The van der Waals surface area contributed by atoms with Gasteiger partial charge >= 0.3 is 6.03 Å². The number of nitrogens with zero attached hydrogens (tertiary/aromatic N) is 3. The predicted molar refractivity (Wildman–Crippen MR) is 124 cm³/mol. The van der Waals surface area contributed by atoms with Crippen LogP contribution < -0.4 is 10.6 Å². The first-order chi connectivity index (χ1) is 14.8. The van der Waals surface area contributed by atoms with Gasteiger partial charge in [-0.1, -0.05) is 41.1 Å². The third-order valence-electron chi connectivity index (χ3n) is 4.65. The number of phenols is 1. The quantitative estimate of drug-likeness (QED) is 0.363. The van der Waals surface area contributed by atoms with Crippen LogP contribution in [0.1, 0.15) is 11.3 Å². The average molecular weight is 485 g/mol. The van der Waals surface area contributed by atoms with Crippen molar-refractivity contribution in [1.82, 2.24) is 14.8 Å². The molecule has 3 rings (SSSR count). The fraction of sp³-hybridized carbons (Fsp3) is 0.316. The first kappa shape index (κ1) is 23.1. The van der Waals surface area contributed by atoms with Crippen LogP contribution in [0.25, 0.3) is 0 Å². The maximum absolute atomic E-state index is 12.7. The lowest BCUT2D eigenvalue weighted by atomic mass is 10.1. The van der Waals surface area contributed by atoms with Gasteiger partial charge in [-0.25, -0.2) is 9.78 Å². The molecular weight excluding hydrogens is 463 g/mol. The molecule has 2 aromatic rings. The number of aromatic nitrogens is 1. The molecule has 1 aromatic heterocycles. The number of nitrogens with one attached hydrogen (secondary N) is 3. The van der Waals surface area contributed by atoms with E-state index in [0.717, 1.165) is 0 Å². The molecule has 0 unspecified atom stereocenters. The van der Waals surface area contributed by atoms with E-state index in [1.165, 1.54) is 30.7 Å². The van der Waals surface area contributed by atoms with Crippen molar-refractivity contribution in [2.45, 2.75) is 6.54 Å². The van der Waals surface area contributed by atoms with Gasteiger partial charge < -0.3 is 20.1 Å². The number of aromatic hydroxyl groups is 1. The lowest BCUT2D eigenvalue weighted by Gasteiger charge is -2.34. The number of ether oxygens (including phenoxy) is 1. The number of anilines is 2. The van der Waals surface area contributed by atoms with E-state index in [0.29, 0.717) is 59.1 Å². The smallest absolute Gasteiger partial charge is 0.323 e. The Morgan fingerprint density at radius 2 is 2.10 bits per heavy atom. The molecule has 0 saturated carbocycles. The highest BCUT2D eigenvalue weighted by Crippen LogP contribution is 2.32. The Morgan fingerprint density at radius 3 is 2.74 bits per heavy atom. The zero-order valence-corrected chi connectivity index (χ0v) is 19.1. The van der Waals surface area contributed by atoms with E-state index < -0.39 is 0 Å². The molecule has 1 aliphatic rings. The summed E-state index contributed by atoms with van der Waals surface area (Å²) in [6.07, 6.45) is 1.47. The standard InChI is InChI=1S/C19H22Cl2N6O3S/c1-3-23-17-14(16(22)30-2)24-18(31-17)25-19(29)27-6-4-26(5-7-27)10-11-8-12(20)9-13(21)15(11)28/h3,8-9,22-23,28H,1,4-7,10H2,2H3,(H,24,25,29). The first-order valence-corrected chi connectivity index (χ1v) is 10.9. The van der Waals surface area contributed by atoms with Gasteiger partial charge in [-0.05, 0) is 18.3 Å². The van der Waals surface area contributed by atoms with Crippen molar-refractivity contribution in [3.63, 3.8) is 0 Å². The molecule has 2 amide bonds. The number of benzene rings is 1. The minimum Gasteiger partial charge on any atom is -0.506 e. The zero-order valence-electron chi connectivity index (χ0n) is 16.7. The van der Waals surface area contributed by atoms with Gasteiger partial charge in [-0.15, -0.1) is 0 Å². The molecule has 12 heteroatoms. The summed E-state index contributed by atoms with van der Waals surface area (Å²) >= 11 is 13.2. The molecule has 1 saturated heterocycles. The Bertz CT molecular complexity index is 991. The monoisotopic (exact) mass is 484 g/mol.